The molecule has 0 radical (unpaired) electrons. The summed E-state index contributed by atoms with van der Waals surface area (Å²) >= 11 is 7.03. The number of carboxylic acid groups (broad SMARTS) is 1. The second-order valence-corrected chi connectivity index (χ2v) is 5.63. The number of aromatic carboxylic acids is 1. The Balaban J connectivity index is 2.25. The van der Waals surface area contributed by atoms with Gasteiger partial charge in [-0.3, -0.25) is 4.79 Å². The minimum atomic E-state index is -1.18. The fourth-order valence-electron chi connectivity index (χ4n) is 1.59. The van der Waals surface area contributed by atoms with Gasteiger partial charge in [-0.15, -0.1) is 11.3 Å². The number of nitrogens with one attached hydrogen (secondary N) is 1. The van der Waals surface area contributed by atoms with Crippen LogP contribution in [-0.4, -0.2) is 22.0 Å². The molecule has 1 heterocycles. The van der Waals surface area contributed by atoms with E-state index in [1.807, 2.05) is 0 Å². The highest BCUT2D eigenvalue weighted by Crippen LogP contribution is 2.22. The molecule has 0 aliphatic heterocycles. The van der Waals surface area contributed by atoms with E-state index in [0.29, 0.717) is 5.01 Å². The lowest BCUT2D eigenvalue weighted by Gasteiger charge is -2.07. The van der Waals surface area contributed by atoms with E-state index in [0.717, 1.165) is 0 Å². The van der Waals surface area contributed by atoms with Crippen LogP contribution in [0.2, 0.25) is 5.02 Å². The highest BCUT2D eigenvalue weighted by molar-refractivity contribution is 7.09. The molecule has 2 aromatic rings. The first-order valence-electron chi connectivity index (χ1n) is 5.93. The predicted molar refractivity (Wildman–Crippen MR) is 81.1 cm³/mol. The number of anilines is 1. The van der Waals surface area contributed by atoms with Gasteiger partial charge in [0.2, 0.25) is 0 Å². The fraction of sp³-hybridized carbons (Fsp3) is 0.154. The number of hydrogen-bond donors (Lipinski definition) is 3. The Morgan fingerprint density at radius 2 is 2.19 bits per heavy atom. The van der Waals surface area contributed by atoms with E-state index in [1.54, 1.807) is 12.3 Å². The molecule has 110 valence electrons. The van der Waals surface area contributed by atoms with E-state index < -0.39 is 11.9 Å². The second-order valence-electron chi connectivity index (χ2n) is 4.31. The number of rotatable bonds is 4. The molecule has 4 N–H and O–H groups in total. The second kappa shape index (κ2) is 6.21. The zero-order chi connectivity index (χ0) is 15.6. The summed E-state index contributed by atoms with van der Waals surface area (Å²) in [5.41, 5.74) is 5.95. The molecule has 6 nitrogen and oxygen atoms in total. The number of hydrogen-bond acceptors (Lipinski definition) is 5. The van der Waals surface area contributed by atoms with Crippen LogP contribution in [0.25, 0.3) is 0 Å². The molecule has 1 aromatic heterocycles. The summed E-state index contributed by atoms with van der Waals surface area (Å²) in [5.74, 6) is -1.68. The van der Waals surface area contributed by atoms with Crippen molar-refractivity contribution >= 4 is 40.5 Å². The molecule has 0 saturated carbocycles. The molecule has 1 atom stereocenters. The number of aromatic nitrogens is 1. The molecule has 1 unspecified atom stereocenters. The summed E-state index contributed by atoms with van der Waals surface area (Å²) in [6.45, 7) is 1.77. The van der Waals surface area contributed by atoms with Crippen LogP contribution in [0.3, 0.4) is 0 Å². The van der Waals surface area contributed by atoms with Crippen LogP contribution in [-0.2, 0) is 0 Å². The van der Waals surface area contributed by atoms with E-state index in [-0.39, 0.29) is 28.0 Å². The normalized spacial score (nSPS) is 12.0. The lowest BCUT2D eigenvalue weighted by molar-refractivity contribution is 0.0698. The summed E-state index contributed by atoms with van der Waals surface area (Å²) in [6, 6.07) is 3.94. The van der Waals surface area contributed by atoms with E-state index in [1.165, 1.54) is 29.5 Å². The van der Waals surface area contributed by atoms with Crippen molar-refractivity contribution in [3.63, 3.8) is 0 Å². The zero-order valence-electron chi connectivity index (χ0n) is 11.0. The molecule has 2 rings (SSSR count). The average Bonchev–Trinajstić information content (AvgIpc) is 2.90. The van der Waals surface area contributed by atoms with Gasteiger partial charge < -0.3 is 16.2 Å². The minimum Gasteiger partial charge on any atom is -0.478 e. The number of carbonyl (C=O) groups is 2. The first-order chi connectivity index (χ1) is 9.88. The number of benzene rings is 1. The van der Waals surface area contributed by atoms with Crippen LogP contribution in [0, 0.1) is 0 Å². The van der Waals surface area contributed by atoms with Crippen molar-refractivity contribution in [1.29, 1.82) is 0 Å². The Morgan fingerprint density at radius 1 is 1.48 bits per heavy atom. The van der Waals surface area contributed by atoms with Crippen molar-refractivity contribution < 1.29 is 14.7 Å². The van der Waals surface area contributed by atoms with Crippen LogP contribution in [0.4, 0.5) is 5.69 Å². The number of amides is 1. The number of nitrogens with two attached hydrogens (primary N) is 1. The summed E-state index contributed by atoms with van der Waals surface area (Å²) in [6.07, 6.45) is 0. The first kappa shape index (κ1) is 15.4. The van der Waals surface area contributed by atoms with Gasteiger partial charge in [-0.2, -0.15) is 0 Å². The highest BCUT2D eigenvalue weighted by atomic mass is 35.5. The van der Waals surface area contributed by atoms with Crippen molar-refractivity contribution in [1.82, 2.24) is 4.98 Å². The quantitative estimate of drug-likeness (QED) is 0.801. The van der Waals surface area contributed by atoms with E-state index in [4.69, 9.17) is 22.4 Å². The number of halogens is 1. The summed E-state index contributed by atoms with van der Waals surface area (Å²) in [5, 5.41) is 14.1. The third-order valence-corrected chi connectivity index (χ3v) is 3.89. The maximum absolute atomic E-state index is 12.1. The molecule has 0 bridgehead atoms. The van der Waals surface area contributed by atoms with E-state index in [9.17, 15) is 9.59 Å². The van der Waals surface area contributed by atoms with Crippen molar-refractivity contribution in [3.8, 4) is 0 Å². The fourth-order valence-corrected chi connectivity index (χ4v) is 2.52. The number of thiazole rings is 1. The maximum Gasteiger partial charge on any atom is 0.337 e. The monoisotopic (exact) mass is 325 g/mol. The molecule has 0 aliphatic rings. The summed E-state index contributed by atoms with van der Waals surface area (Å²) in [7, 11) is 0. The van der Waals surface area contributed by atoms with Crippen LogP contribution in [0.1, 0.15) is 38.8 Å². The van der Waals surface area contributed by atoms with Crippen LogP contribution in [0.15, 0.2) is 23.6 Å². The molecule has 1 amide bonds. The Labute approximate surface area is 129 Å². The number of nitrogens with zero attached hydrogens (tertiary/aromatic N) is 1. The molecular formula is C13H12ClN3O3S. The van der Waals surface area contributed by atoms with Gasteiger partial charge in [-0.1, -0.05) is 11.6 Å². The number of carboxylic acids is 1. The molecule has 1 aromatic carbocycles. The van der Waals surface area contributed by atoms with Gasteiger partial charge in [0.1, 0.15) is 10.7 Å². The molecule has 0 saturated heterocycles. The van der Waals surface area contributed by atoms with Gasteiger partial charge in [-0.05, 0) is 25.1 Å². The summed E-state index contributed by atoms with van der Waals surface area (Å²) < 4.78 is 0. The SMILES string of the molecule is CC(N)c1nc(C(=O)Nc2ccc(Cl)cc2C(=O)O)cs1. The lowest BCUT2D eigenvalue weighted by atomic mass is 10.1. The van der Waals surface area contributed by atoms with Crippen molar-refractivity contribution in [2.45, 2.75) is 13.0 Å². The third-order valence-electron chi connectivity index (χ3n) is 2.60. The molecule has 8 heteroatoms. The molecule has 0 spiro atoms. The molecule has 0 aliphatic carbocycles. The Morgan fingerprint density at radius 3 is 2.76 bits per heavy atom. The van der Waals surface area contributed by atoms with Gasteiger partial charge in [0.05, 0.1) is 17.3 Å². The van der Waals surface area contributed by atoms with Crippen molar-refractivity contribution in [3.05, 3.63) is 44.9 Å². The summed E-state index contributed by atoms with van der Waals surface area (Å²) in [4.78, 5) is 27.3. The molecule has 21 heavy (non-hydrogen) atoms. The van der Waals surface area contributed by atoms with Gasteiger partial charge >= 0.3 is 5.97 Å². The van der Waals surface area contributed by atoms with Gasteiger partial charge in [0.25, 0.3) is 5.91 Å². The van der Waals surface area contributed by atoms with Crippen molar-refractivity contribution in [2.24, 2.45) is 5.73 Å². The van der Waals surface area contributed by atoms with E-state index in [2.05, 4.69) is 10.3 Å². The van der Waals surface area contributed by atoms with E-state index >= 15 is 0 Å². The van der Waals surface area contributed by atoms with Gasteiger partial charge in [0.15, 0.2) is 0 Å². The Hall–Kier alpha value is -1.96. The molecule has 0 fully saturated rings. The Kier molecular flexibility index (Phi) is 4.56. The van der Waals surface area contributed by atoms with Gasteiger partial charge in [0, 0.05) is 10.4 Å². The number of carbonyl (C=O) groups excluding carboxylic acids is 1. The molecular weight excluding hydrogens is 314 g/mol. The van der Waals surface area contributed by atoms with Crippen LogP contribution >= 0.6 is 22.9 Å². The predicted octanol–water partition coefficient (Wildman–Crippen LogP) is 2.77. The maximum atomic E-state index is 12.1. The Bertz CT molecular complexity index is 700. The standard InChI is InChI=1S/C13H12ClN3O3S/c1-6(15)12-17-10(5-21-12)11(18)16-9-3-2-7(14)4-8(9)13(19)20/h2-6H,15H2,1H3,(H,16,18)(H,19,20). The third kappa shape index (κ3) is 3.57. The average molecular weight is 326 g/mol. The van der Waals surface area contributed by atoms with Crippen molar-refractivity contribution in [2.75, 3.05) is 5.32 Å². The largest absolute Gasteiger partial charge is 0.478 e. The highest BCUT2D eigenvalue weighted by Gasteiger charge is 2.17. The topological polar surface area (TPSA) is 105 Å². The smallest absolute Gasteiger partial charge is 0.337 e. The first-order valence-corrected chi connectivity index (χ1v) is 7.19. The minimum absolute atomic E-state index is 0.0847. The van der Waals surface area contributed by atoms with Gasteiger partial charge in [-0.25, -0.2) is 9.78 Å². The lowest BCUT2D eigenvalue weighted by Crippen LogP contribution is -2.15. The van der Waals surface area contributed by atoms with Crippen LogP contribution in [0.5, 0.6) is 0 Å². The van der Waals surface area contributed by atoms with Crippen LogP contribution < -0.4 is 11.1 Å². The zero-order valence-corrected chi connectivity index (χ0v) is 12.5.